The normalized spacial score (nSPS) is 17.8. The number of aryl methyl sites for hydroxylation is 1. The second kappa shape index (κ2) is 6.88. The first-order valence-electron chi connectivity index (χ1n) is 8.49. The van der Waals surface area contributed by atoms with Gasteiger partial charge in [-0.25, -0.2) is 9.97 Å². The first-order chi connectivity index (χ1) is 11.9. The van der Waals surface area contributed by atoms with Crippen molar-refractivity contribution in [3.05, 3.63) is 42.2 Å². The molecule has 1 aliphatic heterocycles. The van der Waals surface area contributed by atoms with E-state index in [9.17, 15) is 4.79 Å². The molecule has 0 unspecified atom stereocenters. The zero-order valence-corrected chi connectivity index (χ0v) is 15.2. The van der Waals surface area contributed by atoms with E-state index < -0.39 is 5.60 Å². The SMILES string of the molecule is COC(C)(C)C(=O)N1CC[C@@H](c2cc(-c3cncnc3)cc(C)n2)C1. The molecular formula is C19H24N4O2. The highest BCUT2D eigenvalue weighted by molar-refractivity contribution is 5.84. The van der Waals surface area contributed by atoms with Gasteiger partial charge in [0.05, 0.1) is 0 Å². The van der Waals surface area contributed by atoms with Gasteiger partial charge in [0, 0.05) is 55.5 Å². The van der Waals surface area contributed by atoms with Crippen LogP contribution in [0.15, 0.2) is 30.9 Å². The van der Waals surface area contributed by atoms with Gasteiger partial charge in [-0.05, 0) is 44.9 Å². The maximum atomic E-state index is 12.6. The summed E-state index contributed by atoms with van der Waals surface area (Å²) in [6.07, 6.45) is 6.04. The molecule has 1 saturated heterocycles. The van der Waals surface area contributed by atoms with Gasteiger partial charge in [-0.15, -0.1) is 0 Å². The molecule has 3 rings (SSSR count). The van der Waals surface area contributed by atoms with Crippen molar-refractivity contribution in [3.8, 4) is 11.1 Å². The third kappa shape index (κ3) is 3.69. The third-order valence-electron chi connectivity index (χ3n) is 4.79. The van der Waals surface area contributed by atoms with Gasteiger partial charge in [0.15, 0.2) is 0 Å². The van der Waals surface area contributed by atoms with Gasteiger partial charge in [-0.1, -0.05) is 0 Å². The Balaban J connectivity index is 1.82. The molecule has 0 aromatic carbocycles. The predicted molar refractivity (Wildman–Crippen MR) is 95.0 cm³/mol. The Kier molecular flexibility index (Phi) is 4.81. The highest BCUT2D eigenvalue weighted by Crippen LogP contribution is 2.30. The quantitative estimate of drug-likeness (QED) is 0.856. The molecule has 1 aliphatic rings. The fourth-order valence-corrected chi connectivity index (χ4v) is 3.17. The molecule has 6 nitrogen and oxygen atoms in total. The summed E-state index contributed by atoms with van der Waals surface area (Å²) in [6.45, 7) is 7.01. The molecule has 0 N–H and O–H groups in total. The molecule has 1 amide bonds. The minimum atomic E-state index is -0.790. The lowest BCUT2D eigenvalue weighted by atomic mass is 9.99. The van der Waals surface area contributed by atoms with Crippen molar-refractivity contribution in [2.24, 2.45) is 0 Å². The number of hydrogen-bond donors (Lipinski definition) is 0. The summed E-state index contributed by atoms with van der Waals surface area (Å²) in [5, 5.41) is 0. The van der Waals surface area contributed by atoms with E-state index in [2.05, 4.69) is 16.0 Å². The highest BCUT2D eigenvalue weighted by atomic mass is 16.5. The number of nitrogens with zero attached hydrogens (tertiary/aromatic N) is 4. The average molecular weight is 340 g/mol. The van der Waals surface area contributed by atoms with Gasteiger partial charge in [0.2, 0.25) is 0 Å². The first-order valence-corrected chi connectivity index (χ1v) is 8.49. The number of amides is 1. The van der Waals surface area contributed by atoms with Crippen LogP contribution in [-0.2, 0) is 9.53 Å². The van der Waals surface area contributed by atoms with Gasteiger partial charge in [-0.3, -0.25) is 9.78 Å². The Hall–Kier alpha value is -2.34. The molecule has 1 atom stereocenters. The Morgan fingerprint density at radius 1 is 1.24 bits per heavy atom. The van der Waals surface area contributed by atoms with Crippen molar-refractivity contribution < 1.29 is 9.53 Å². The molecule has 1 fully saturated rings. The number of aromatic nitrogens is 3. The van der Waals surface area contributed by atoms with E-state index in [1.54, 1.807) is 33.4 Å². The number of hydrogen-bond acceptors (Lipinski definition) is 5. The van der Waals surface area contributed by atoms with E-state index in [1.807, 2.05) is 17.9 Å². The van der Waals surface area contributed by atoms with Crippen LogP contribution in [0, 0.1) is 6.92 Å². The predicted octanol–water partition coefficient (Wildman–Crippen LogP) is 2.59. The molecule has 132 valence electrons. The van der Waals surface area contributed by atoms with Crippen molar-refractivity contribution >= 4 is 5.91 Å². The van der Waals surface area contributed by atoms with Gasteiger partial charge < -0.3 is 9.64 Å². The number of ether oxygens (including phenoxy) is 1. The zero-order chi connectivity index (χ0) is 18.0. The second-order valence-corrected chi connectivity index (χ2v) is 7.00. The van der Waals surface area contributed by atoms with Gasteiger partial charge in [0.1, 0.15) is 11.9 Å². The first kappa shape index (κ1) is 17.5. The third-order valence-corrected chi connectivity index (χ3v) is 4.79. The number of rotatable bonds is 4. The summed E-state index contributed by atoms with van der Waals surface area (Å²) < 4.78 is 5.33. The van der Waals surface area contributed by atoms with Crippen LogP contribution in [0.25, 0.3) is 11.1 Å². The number of likely N-dealkylation sites (tertiary alicyclic amines) is 1. The van der Waals surface area contributed by atoms with Crippen molar-refractivity contribution in [3.63, 3.8) is 0 Å². The van der Waals surface area contributed by atoms with Gasteiger partial charge in [-0.2, -0.15) is 0 Å². The number of carbonyl (C=O) groups is 1. The fourth-order valence-electron chi connectivity index (χ4n) is 3.17. The lowest BCUT2D eigenvalue weighted by Gasteiger charge is -2.28. The van der Waals surface area contributed by atoms with E-state index in [-0.39, 0.29) is 11.8 Å². The van der Waals surface area contributed by atoms with Crippen molar-refractivity contribution in [1.82, 2.24) is 19.9 Å². The van der Waals surface area contributed by atoms with Crippen LogP contribution in [0.5, 0.6) is 0 Å². The van der Waals surface area contributed by atoms with Crippen LogP contribution in [-0.4, -0.2) is 51.6 Å². The van der Waals surface area contributed by atoms with E-state index >= 15 is 0 Å². The van der Waals surface area contributed by atoms with Crippen LogP contribution >= 0.6 is 0 Å². The molecule has 2 aromatic rings. The maximum absolute atomic E-state index is 12.6. The molecule has 0 spiro atoms. The molecule has 0 radical (unpaired) electrons. The van der Waals surface area contributed by atoms with Crippen molar-refractivity contribution in [2.75, 3.05) is 20.2 Å². The van der Waals surface area contributed by atoms with Crippen LogP contribution in [0.4, 0.5) is 0 Å². The summed E-state index contributed by atoms with van der Waals surface area (Å²) in [6, 6.07) is 4.12. The van der Waals surface area contributed by atoms with E-state index in [4.69, 9.17) is 9.72 Å². The molecule has 0 bridgehead atoms. The Morgan fingerprint density at radius 2 is 1.96 bits per heavy atom. The average Bonchev–Trinajstić information content (AvgIpc) is 3.11. The monoisotopic (exact) mass is 340 g/mol. The maximum Gasteiger partial charge on any atom is 0.254 e. The minimum Gasteiger partial charge on any atom is -0.369 e. The minimum absolute atomic E-state index is 0.0295. The van der Waals surface area contributed by atoms with Gasteiger partial charge in [0.25, 0.3) is 5.91 Å². The smallest absolute Gasteiger partial charge is 0.254 e. The van der Waals surface area contributed by atoms with E-state index in [0.717, 1.165) is 35.5 Å². The lowest BCUT2D eigenvalue weighted by Crippen LogP contribution is -2.45. The van der Waals surface area contributed by atoms with Gasteiger partial charge >= 0.3 is 0 Å². The number of methoxy groups -OCH3 is 1. The van der Waals surface area contributed by atoms with E-state index in [0.29, 0.717) is 6.54 Å². The van der Waals surface area contributed by atoms with Crippen LogP contribution in [0.2, 0.25) is 0 Å². The molecule has 0 aliphatic carbocycles. The summed E-state index contributed by atoms with van der Waals surface area (Å²) in [5.41, 5.74) is 3.22. The van der Waals surface area contributed by atoms with Crippen molar-refractivity contribution in [1.29, 1.82) is 0 Å². The molecular weight excluding hydrogens is 316 g/mol. The lowest BCUT2D eigenvalue weighted by molar-refractivity contribution is -0.149. The largest absolute Gasteiger partial charge is 0.369 e. The number of carbonyl (C=O) groups excluding carboxylic acids is 1. The number of pyridine rings is 1. The molecule has 25 heavy (non-hydrogen) atoms. The van der Waals surface area contributed by atoms with Crippen LogP contribution in [0.1, 0.15) is 37.6 Å². The highest BCUT2D eigenvalue weighted by Gasteiger charge is 2.36. The van der Waals surface area contributed by atoms with Crippen LogP contribution in [0.3, 0.4) is 0 Å². The topological polar surface area (TPSA) is 68.2 Å². The summed E-state index contributed by atoms with van der Waals surface area (Å²) in [4.78, 5) is 27.4. The summed E-state index contributed by atoms with van der Waals surface area (Å²) >= 11 is 0. The standard InChI is InChI=1S/C19H24N4O2/c1-13-7-15(16-9-20-12-21-10-16)8-17(22-13)14-5-6-23(11-14)18(24)19(2,3)25-4/h7-10,12,14H,5-6,11H2,1-4H3/t14-/m1/s1. The zero-order valence-electron chi connectivity index (χ0n) is 15.2. The fraction of sp³-hybridized carbons (Fsp3) is 0.474. The molecule has 0 saturated carbocycles. The molecule has 3 heterocycles. The Morgan fingerprint density at radius 3 is 2.64 bits per heavy atom. The summed E-state index contributed by atoms with van der Waals surface area (Å²) in [5.74, 6) is 0.265. The van der Waals surface area contributed by atoms with E-state index in [1.165, 1.54) is 6.33 Å². The van der Waals surface area contributed by atoms with Crippen molar-refractivity contribution in [2.45, 2.75) is 38.7 Å². The molecule has 2 aromatic heterocycles. The Labute approximate surface area is 148 Å². The Bertz CT molecular complexity index is 761. The molecule has 6 heteroatoms. The van der Waals surface area contributed by atoms with Crippen LogP contribution < -0.4 is 0 Å². The second-order valence-electron chi connectivity index (χ2n) is 7.00. The summed E-state index contributed by atoms with van der Waals surface area (Å²) in [7, 11) is 1.57.